The number of carbonyl (C=O) groups is 1. The zero-order chi connectivity index (χ0) is 14.3. The molecule has 0 amide bonds. The van der Waals surface area contributed by atoms with Crippen LogP contribution in [-0.2, 0) is 11.0 Å². The number of rotatable bonds is 1. The number of allylic oxidation sites excluding steroid dienone is 1. The van der Waals surface area contributed by atoms with Crippen LogP contribution in [0.15, 0.2) is 30.3 Å². The van der Waals surface area contributed by atoms with Gasteiger partial charge in [-0.1, -0.05) is 12.1 Å². The van der Waals surface area contributed by atoms with Gasteiger partial charge in [-0.25, -0.2) is 0 Å². The molecule has 1 aromatic carbocycles. The lowest BCUT2D eigenvalue weighted by Gasteiger charge is -2.27. The van der Waals surface area contributed by atoms with Gasteiger partial charge in [0.15, 0.2) is 5.78 Å². The molecule has 2 rings (SSSR count). The fourth-order valence-corrected chi connectivity index (χ4v) is 2.20. The zero-order valence-corrected chi connectivity index (χ0v) is 10.3. The third kappa shape index (κ3) is 3.23. The van der Waals surface area contributed by atoms with Crippen molar-refractivity contribution in [3.63, 3.8) is 0 Å². The molecule has 1 aromatic rings. The SMILES string of the molecule is CC1(O)CC(=O)C=C(c2ccc(C(F)(F)F)cc2)C1. The average molecular weight is 270 g/mol. The summed E-state index contributed by atoms with van der Waals surface area (Å²) in [4.78, 5) is 11.5. The normalized spacial score (nSPS) is 24.3. The Bertz CT molecular complexity index is 525. The van der Waals surface area contributed by atoms with Crippen LogP contribution in [0.5, 0.6) is 0 Å². The molecule has 0 aliphatic heterocycles. The number of hydrogen-bond acceptors (Lipinski definition) is 2. The molecule has 1 atom stereocenters. The van der Waals surface area contributed by atoms with Crippen molar-refractivity contribution in [3.8, 4) is 0 Å². The van der Waals surface area contributed by atoms with Gasteiger partial charge in [0.05, 0.1) is 11.2 Å². The third-order valence-electron chi connectivity index (χ3n) is 3.04. The molecule has 0 spiro atoms. The van der Waals surface area contributed by atoms with Crippen LogP contribution >= 0.6 is 0 Å². The Morgan fingerprint density at radius 2 is 1.74 bits per heavy atom. The van der Waals surface area contributed by atoms with E-state index in [0.717, 1.165) is 12.1 Å². The highest BCUT2D eigenvalue weighted by molar-refractivity contribution is 5.99. The molecule has 0 radical (unpaired) electrons. The molecule has 2 nitrogen and oxygen atoms in total. The lowest BCUT2D eigenvalue weighted by atomic mass is 9.82. The van der Waals surface area contributed by atoms with Gasteiger partial charge < -0.3 is 5.11 Å². The van der Waals surface area contributed by atoms with E-state index in [0.29, 0.717) is 11.1 Å². The molecule has 19 heavy (non-hydrogen) atoms. The van der Waals surface area contributed by atoms with Gasteiger partial charge in [0.1, 0.15) is 0 Å². The van der Waals surface area contributed by atoms with Crippen molar-refractivity contribution >= 4 is 11.4 Å². The molecular formula is C14H13F3O2. The van der Waals surface area contributed by atoms with E-state index >= 15 is 0 Å². The van der Waals surface area contributed by atoms with Crippen molar-refractivity contribution in [1.29, 1.82) is 0 Å². The van der Waals surface area contributed by atoms with E-state index < -0.39 is 17.3 Å². The van der Waals surface area contributed by atoms with E-state index in [9.17, 15) is 23.1 Å². The minimum Gasteiger partial charge on any atom is -0.389 e. The van der Waals surface area contributed by atoms with Crippen LogP contribution in [0.3, 0.4) is 0 Å². The topological polar surface area (TPSA) is 37.3 Å². The van der Waals surface area contributed by atoms with Gasteiger partial charge in [-0.3, -0.25) is 4.79 Å². The molecule has 0 heterocycles. The first-order valence-electron chi connectivity index (χ1n) is 5.81. The summed E-state index contributed by atoms with van der Waals surface area (Å²) in [5.74, 6) is -0.217. The van der Waals surface area contributed by atoms with Crippen LogP contribution in [0.25, 0.3) is 5.57 Å². The fourth-order valence-electron chi connectivity index (χ4n) is 2.20. The highest BCUT2D eigenvalue weighted by atomic mass is 19.4. The summed E-state index contributed by atoms with van der Waals surface area (Å²) in [6.07, 6.45) is -2.69. The van der Waals surface area contributed by atoms with Gasteiger partial charge in [-0.15, -0.1) is 0 Å². The quantitative estimate of drug-likeness (QED) is 0.850. The lowest BCUT2D eigenvalue weighted by molar-refractivity contribution is -0.137. The van der Waals surface area contributed by atoms with Crippen molar-refractivity contribution in [2.24, 2.45) is 0 Å². The van der Waals surface area contributed by atoms with Crippen LogP contribution in [0.2, 0.25) is 0 Å². The van der Waals surface area contributed by atoms with Crippen LogP contribution in [-0.4, -0.2) is 16.5 Å². The number of carbonyl (C=O) groups excluding carboxylic acids is 1. The molecule has 5 heteroatoms. The number of hydrogen-bond donors (Lipinski definition) is 1. The third-order valence-corrected chi connectivity index (χ3v) is 3.04. The number of halogens is 3. The van der Waals surface area contributed by atoms with E-state index in [1.165, 1.54) is 18.2 Å². The summed E-state index contributed by atoms with van der Waals surface area (Å²) in [5, 5.41) is 9.92. The summed E-state index contributed by atoms with van der Waals surface area (Å²) < 4.78 is 37.3. The van der Waals surface area contributed by atoms with E-state index in [2.05, 4.69) is 0 Å². The smallest absolute Gasteiger partial charge is 0.389 e. The molecule has 0 fully saturated rings. The maximum absolute atomic E-state index is 12.4. The van der Waals surface area contributed by atoms with Crippen molar-refractivity contribution in [2.75, 3.05) is 0 Å². The standard InChI is InChI=1S/C14H13F3O2/c1-13(19)7-10(6-12(18)8-13)9-2-4-11(5-3-9)14(15,16)17/h2-6,19H,7-8H2,1H3. The summed E-state index contributed by atoms with van der Waals surface area (Å²) in [6, 6.07) is 4.60. The van der Waals surface area contributed by atoms with Crippen LogP contribution in [0, 0.1) is 0 Å². The first-order chi connectivity index (χ1) is 8.67. The first-order valence-corrected chi connectivity index (χ1v) is 5.81. The van der Waals surface area contributed by atoms with Crippen molar-refractivity contribution in [2.45, 2.75) is 31.5 Å². The second-order valence-corrected chi connectivity index (χ2v) is 5.06. The maximum Gasteiger partial charge on any atom is 0.416 e. The number of aliphatic hydroxyl groups is 1. The Kier molecular flexibility index (Phi) is 3.26. The molecule has 1 unspecified atom stereocenters. The molecule has 1 N–H and O–H groups in total. The Labute approximate surface area is 108 Å². The van der Waals surface area contributed by atoms with E-state index in [1.807, 2.05) is 0 Å². The Balaban J connectivity index is 2.30. The highest BCUT2D eigenvalue weighted by Crippen LogP contribution is 2.34. The first kappa shape index (κ1) is 13.8. The van der Waals surface area contributed by atoms with Crippen molar-refractivity contribution in [1.82, 2.24) is 0 Å². The molecule has 0 saturated carbocycles. The summed E-state index contributed by atoms with van der Waals surface area (Å²) in [6.45, 7) is 1.54. The largest absolute Gasteiger partial charge is 0.416 e. The number of benzene rings is 1. The van der Waals surface area contributed by atoms with E-state index in [-0.39, 0.29) is 18.6 Å². The van der Waals surface area contributed by atoms with Crippen molar-refractivity contribution in [3.05, 3.63) is 41.5 Å². The molecular weight excluding hydrogens is 257 g/mol. The molecule has 1 aliphatic rings. The predicted molar refractivity (Wildman–Crippen MR) is 64.3 cm³/mol. The van der Waals surface area contributed by atoms with Gasteiger partial charge in [-0.05, 0) is 36.3 Å². The van der Waals surface area contributed by atoms with Crippen LogP contribution in [0.1, 0.15) is 30.9 Å². The van der Waals surface area contributed by atoms with Gasteiger partial charge in [0.2, 0.25) is 0 Å². The minimum absolute atomic E-state index is 0.0388. The summed E-state index contributed by atoms with van der Waals surface area (Å²) >= 11 is 0. The van der Waals surface area contributed by atoms with E-state index in [1.54, 1.807) is 6.92 Å². The fraction of sp³-hybridized carbons (Fsp3) is 0.357. The minimum atomic E-state index is -4.37. The predicted octanol–water partition coefficient (Wildman–Crippen LogP) is 3.20. The monoisotopic (exact) mass is 270 g/mol. The second kappa shape index (κ2) is 4.49. The second-order valence-electron chi connectivity index (χ2n) is 5.06. The lowest BCUT2D eigenvalue weighted by Crippen LogP contribution is -2.30. The van der Waals surface area contributed by atoms with Crippen LogP contribution < -0.4 is 0 Å². The molecule has 1 aliphatic carbocycles. The molecule has 0 aromatic heterocycles. The van der Waals surface area contributed by atoms with Gasteiger partial charge >= 0.3 is 6.18 Å². The Morgan fingerprint density at radius 3 is 2.21 bits per heavy atom. The average Bonchev–Trinajstić information content (AvgIpc) is 2.25. The summed E-state index contributed by atoms with van der Waals surface area (Å²) in [5.41, 5.74) is -0.772. The molecule has 102 valence electrons. The van der Waals surface area contributed by atoms with Gasteiger partial charge in [0, 0.05) is 12.8 Å². The van der Waals surface area contributed by atoms with Crippen molar-refractivity contribution < 1.29 is 23.1 Å². The zero-order valence-electron chi connectivity index (χ0n) is 10.3. The number of alkyl halides is 3. The maximum atomic E-state index is 12.4. The van der Waals surface area contributed by atoms with E-state index in [4.69, 9.17) is 0 Å². The molecule has 0 saturated heterocycles. The summed E-state index contributed by atoms with van der Waals surface area (Å²) in [7, 11) is 0. The Hall–Kier alpha value is -1.62. The number of ketones is 1. The van der Waals surface area contributed by atoms with Crippen LogP contribution in [0.4, 0.5) is 13.2 Å². The Morgan fingerprint density at radius 1 is 1.16 bits per heavy atom. The van der Waals surface area contributed by atoms with Gasteiger partial charge in [0.25, 0.3) is 0 Å². The molecule has 0 bridgehead atoms. The highest BCUT2D eigenvalue weighted by Gasteiger charge is 2.32. The van der Waals surface area contributed by atoms with Gasteiger partial charge in [-0.2, -0.15) is 13.2 Å².